The molecule has 1 heterocycles. The van der Waals surface area contributed by atoms with Crippen LogP contribution >= 0.6 is 0 Å². The van der Waals surface area contributed by atoms with Crippen LogP contribution in [0.2, 0.25) is 0 Å². The van der Waals surface area contributed by atoms with Crippen molar-refractivity contribution in [3.05, 3.63) is 77.0 Å². The molecule has 102 valence electrons. The Morgan fingerprint density at radius 1 is 1.14 bits per heavy atom. The van der Waals surface area contributed by atoms with Gasteiger partial charge in [0.25, 0.3) is 5.91 Å². The third-order valence-corrected chi connectivity index (χ3v) is 3.72. The Balaban J connectivity index is 2.03. The van der Waals surface area contributed by atoms with Gasteiger partial charge in [-0.1, -0.05) is 42.5 Å². The minimum atomic E-state index is -0.585. The Kier molecular flexibility index (Phi) is 3.29. The van der Waals surface area contributed by atoms with Gasteiger partial charge in [-0.2, -0.15) is 5.26 Å². The molecular formula is C18H14N2O. The molecule has 2 aromatic rings. The number of aryl methyl sites for hydroxylation is 1. The zero-order valence-corrected chi connectivity index (χ0v) is 11.7. The lowest BCUT2D eigenvalue weighted by molar-refractivity contribution is 0.0793. The number of hydrogen-bond acceptors (Lipinski definition) is 2. The van der Waals surface area contributed by atoms with Crippen LogP contribution in [0.15, 0.2) is 54.7 Å². The average Bonchev–Trinajstić information content (AvgIpc) is 2.53. The van der Waals surface area contributed by atoms with Crippen molar-refractivity contribution in [1.82, 2.24) is 4.90 Å². The second kappa shape index (κ2) is 5.26. The highest BCUT2D eigenvalue weighted by atomic mass is 16.2. The van der Waals surface area contributed by atoms with E-state index in [0.717, 1.165) is 16.7 Å². The minimum absolute atomic E-state index is 0.148. The molecule has 21 heavy (non-hydrogen) atoms. The van der Waals surface area contributed by atoms with E-state index in [4.69, 9.17) is 0 Å². The fourth-order valence-corrected chi connectivity index (χ4v) is 2.58. The molecule has 0 radical (unpaired) electrons. The molecule has 0 spiro atoms. The zero-order chi connectivity index (χ0) is 14.8. The molecule has 1 atom stereocenters. The maximum atomic E-state index is 12.7. The molecule has 0 fully saturated rings. The Morgan fingerprint density at radius 3 is 2.62 bits per heavy atom. The lowest BCUT2D eigenvalue weighted by Crippen LogP contribution is -2.32. The van der Waals surface area contributed by atoms with Crippen LogP contribution in [0, 0.1) is 18.3 Å². The summed E-state index contributed by atoms with van der Waals surface area (Å²) in [7, 11) is 0. The molecule has 3 nitrogen and oxygen atoms in total. The third kappa shape index (κ3) is 2.21. The Labute approximate surface area is 123 Å². The molecule has 0 aliphatic carbocycles. The van der Waals surface area contributed by atoms with E-state index >= 15 is 0 Å². The van der Waals surface area contributed by atoms with Crippen molar-refractivity contribution < 1.29 is 4.79 Å². The Morgan fingerprint density at radius 2 is 1.86 bits per heavy atom. The number of nitriles is 1. The van der Waals surface area contributed by atoms with Crippen LogP contribution in [0.4, 0.5) is 0 Å². The van der Waals surface area contributed by atoms with Crippen molar-refractivity contribution in [2.45, 2.75) is 13.0 Å². The molecular weight excluding hydrogens is 260 g/mol. The van der Waals surface area contributed by atoms with Gasteiger partial charge in [0.15, 0.2) is 0 Å². The smallest absolute Gasteiger partial charge is 0.259 e. The van der Waals surface area contributed by atoms with Gasteiger partial charge in [-0.15, -0.1) is 0 Å². The summed E-state index contributed by atoms with van der Waals surface area (Å²) >= 11 is 0. The highest BCUT2D eigenvalue weighted by Crippen LogP contribution is 2.31. The molecule has 3 heteroatoms. The van der Waals surface area contributed by atoms with E-state index in [1.165, 1.54) is 4.90 Å². The van der Waals surface area contributed by atoms with Crippen molar-refractivity contribution in [1.29, 1.82) is 5.26 Å². The lowest BCUT2D eigenvalue weighted by atomic mass is 9.96. The fourth-order valence-electron chi connectivity index (χ4n) is 2.58. The molecule has 0 saturated heterocycles. The first kappa shape index (κ1) is 13.1. The zero-order valence-electron chi connectivity index (χ0n) is 11.7. The SMILES string of the molecule is Cc1ccccc1C(=O)N1C=Cc2ccccc2C1C#N. The monoisotopic (exact) mass is 274 g/mol. The number of rotatable bonds is 1. The standard InChI is InChI=1S/C18H14N2O/c1-13-6-2-4-8-15(13)18(21)20-11-10-14-7-3-5-9-16(14)17(20)12-19/h2-11,17H,1H3. The third-order valence-electron chi connectivity index (χ3n) is 3.72. The van der Waals surface area contributed by atoms with Gasteiger partial charge in [0.05, 0.1) is 6.07 Å². The van der Waals surface area contributed by atoms with Crippen LogP contribution in [0.3, 0.4) is 0 Å². The van der Waals surface area contributed by atoms with Crippen LogP contribution in [-0.2, 0) is 0 Å². The molecule has 1 aliphatic heterocycles. The van der Waals surface area contributed by atoms with Crippen LogP contribution in [0.1, 0.15) is 33.1 Å². The second-order valence-electron chi connectivity index (χ2n) is 5.00. The molecule has 0 aromatic heterocycles. The van der Waals surface area contributed by atoms with Crippen LogP contribution in [0.25, 0.3) is 6.08 Å². The summed E-state index contributed by atoms with van der Waals surface area (Å²) in [5.74, 6) is -0.148. The van der Waals surface area contributed by atoms with Crippen LogP contribution in [-0.4, -0.2) is 10.8 Å². The average molecular weight is 274 g/mol. The second-order valence-corrected chi connectivity index (χ2v) is 5.00. The van der Waals surface area contributed by atoms with E-state index in [2.05, 4.69) is 6.07 Å². The molecule has 1 aliphatic rings. The van der Waals surface area contributed by atoms with E-state index in [-0.39, 0.29) is 5.91 Å². The van der Waals surface area contributed by atoms with Gasteiger partial charge >= 0.3 is 0 Å². The van der Waals surface area contributed by atoms with Gasteiger partial charge in [-0.25, -0.2) is 0 Å². The van der Waals surface area contributed by atoms with Gasteiger partial charge in [0.1, 0.15) is 6.04 Å². The summed E-state index contributed by atoms with van der Waals surface area (Å²) in [6, 6.07) is 16.7. The minimum Gasteiger partial charge on any atom is -0.294 e. The largest absolute Gasteiger partial charge is 0.294 e. The predicted octanol–water partition coefficient (Wildman–Crippen LogP) is 3.69. The normalized spacial score (nSPS) is 16.2. The molecule has 1 unspecified atom stereocenters. The van der Waals surface area contributed by atoms with Crippen molar-refractivity contribution >= 4 is 12.0 Å². The number of hydrogen-bond donors (Lipinski definition) is 0. The summed E-state index contributed by atoms with van der Waals surface area (Å²) in [6.45, 7) is 1.90. The lowest BCUT2D eigenvalue weighted by Gasteiger charge is -2.29. The van der Waals surface area contributed by atoms with E-state index in [0.29, 0.717) is 5.56 Å². The van der Waals surface area contributed by atoms with E-state index in [1.807, 2.05) is 55.5 Å². The topological polar surface area (TPSA) is 44.1 Å². The molecule has 1 amide bonds. The van der Waals surface area contributed by atoms with Crippen molar-refractivity contribution in [2.75, 3.05) is 0 Å². The number of fused-ring (bicyclic) bond motifs is 1. The highest BCUT2D eigenvalue weighted by Gasteiger charge is 2.28. The molecule has 0 N–H and O–H groups in total. The quantitative estimate of drug-likeness (QED) is 0.796. The Hall–Kier alpha value is -2.86. The van der Waals surface area contributed by atoms with E-state index < -0.39 is 6.04 Å². The van der Waals surface area contributed by atoms with Crippen LogP contribution in [0.5, 0.6) is 0 Å². The predicted molar refractivity (Wildman–Crippen MR) is 81.2 cm³/mol. The van der Waals surface area contributed by atoms with Crippen molar-refractivity contribution in [2.24, 2.45) is 0 Å². The Bertz CT molecular complexity index is 771. The first-order valence-electron chi connectivity index (χ1n) is 6.77. The van der Waals surface area contributed by atoms with Gasteiger partial charge in [0.2, 0.25) is 0 Å². The molecule has 3 rings (SSSR count). The van der Waals surface area contributed by atoms with E-state index in [1.54, 1.807) is 12.3 Å². The van der Waals surface area contributed by atoms with Crippen molar-refractivity contribution in [3.8, 4) is 6.07 Å². The van der Waals surface area contributed by atoms with E-state index in [9.17, 15) is 10.1 Å². The number of benzene rings is 2. The molecule has 2 aromatic carbocycles. The first-order chi connectivity index (χ1) is 10.2. The van der Waals surface area contributed by atoms with Gasteiger partial charge < -0.3 is 0 Å². The van der Waals surface area contributed by atoms with Gasteiger partial charge in [-0.3, -0.25) is 9.69 Å². The molecule has 0 bridgehead atoms. The summed E-state index contributed by atoms with van der Waals surface area (Å²) in [4.78, 5) is 14.2. The van der Waals surface area contributed by atoms with Crippen LogP contribution < -0.4 is 0 Å². The van der Waals surface area contributed by atoms with Crippen molar-refractivity contribution in [3.63, 3.8) is 0 Å². The highest BCUT2D eigenvalue weighted by molar-refractivity contribution is 5.97. The number of amides is 1. The number of nitrogens with zero attached hydrogens (tertiary/aromatic N) is 2. The van der Waals surface area contributed by atoms with Gasteiger partial charge in [-0.05, 0) is 35.8 Å². The summed E-state index contributed by atoms with van der Waals surface area (Å²) in [6.07, 6.45) is 3.57. The summed E-state index contributed by atoms with van der Waals surface area (Å²) < 4.78 is 0. The maximum absolute atomic E-state index is 12.7. The summed E-state index contributed by atoms with van der Waals surface area (Å²) in [5, 5.41) is 9.50. The maximum Gasteiger partial charge on any atom is 0.259 e. The molecule has 0 saturated carbocycles. The fraction of sp³-hybridized carbons (Fsp3) is 0.111. The first-order valence-corrected chi connectivity index (χ1v) is 6.77. The van der Waals surface area contributed by atoms with Gasteiger partial charge in [0, 0.05) is 11.8 Å². The summed E-state index contributed by atoms with van der Waals surface area (Å²) in [5.41, 5.74) is 3.38. The number of carbonyl (C=O) groups is 1. The number of carbonyl (C=O) groups excluding carboxylic acids is 1.